The van der Waals surface area contributed by atoms with E-state index in [1.54, 1.807) is 11.3 Å². The van der Waals surface area contributed by atoms with Crippen LogP contribution in [0.25, 0.3) is 0 Å². The predicted octanol–water partition coefficient (Wildman–Crippen LogP) is 2.54. The van der Waals surface area contributed by atoms with Crippen molar-refractivity contribution < 1.29 is 4.79 Å². The van der Waals surface area contributed by atoms with Gasteiger partial charge in [0.15, 0.2) is 5.13 Å². The van der Waals surface area contributed by atoms with Gasteiger partial charge in [-0.2, -0.15) is 5.10 Å². The van der Waals surface area contributed by atoms with Crippen molar-refractivity contribution in [3.8, 4) is 0 Å². The summed E-state index contributed by atoms with van der Waals surface area (Å²) in [5, 5.41) is 8.36. The van der Waals surface area contributed by atoms with Gasteiger partial charge in [-0.3, -0.25) is 14.4 Å². The third-order valence-electron chi connectivity index (χ3n) is 4.73. The molecule has 0 spiro atoms. The lowest BCUT2D eigenvalue weighted by Crippen LogP contribution is -2.39. The van der Waals surface area contributed by atoms with Crippen LogP contribution in [0.15, 0.2) is 6.07 Å². The zero-order valence-electron chi connectivity index (χ0n) is 14.2. The number of hydrogen-bond donors (Lipinski definition) is 1. The molecule has 0 atom stereocenters. The van der Waals surface area contributed by atoms with Gasteiger partial charge in [0, 0.05) is 23.9 Å². The third-order valence-corrected chi connectivity index (χ3v) is 5.66. The number of carbonyl (C=O) groups is 1. The average Bonchev–Trinajstić information content (AvgIpc) is 3.22. The smallest absolute Gasteiger partial charge is 0.240 e. The SMILES string of the molecule is CCc1nc(NC(=O)CN2CCn3nc(C4CC4)cc3C2)sc1C. The Morgan fingerprint density at radius 3 is 2.96 bits per heavy atom. The van der Waals surface area contributed by atoms with Crippen LogP contribution < -0.4 is 5.32 Å². The summed E-state index contributed by atoms with van der Waals surface area (Å²) in [5.74, 6) is 0.697. The van der Waals surface area contributed by atoms with E-state index in [0.717, 1.165) is 31.7 Å². The standard InChI is InChI=1S/C17H23N5OS/c1-3-14-11(2)24-17(18-14)19-16(23)10-21-6-7-22-13(9-21)8-15(20-22)12-4-5-12/h8,12H,3-7,9-10H2,1-2H3,(H,18,19,23). The van der Waals surface area contributed by atoms with E-state index in [4.69, 9.17) is 5.10 Å². The molecule has 1 fully saturated rings. The largest absolute Gasteiger partial charge is 0.301 e. The molecule has 2 aromatic heterocycles. The lowest BCUT2D eigenvalue weighted by molar-refractivity contribution is -0.117. The monoisotopic (exact) mass is 345 g/mol. The van der Waals surface area contributed by atoms with Crippen molar-refractivity contribution in [2.75, 3.05) is 18.4 Å². The van der Waals surface area contributed by atoms with E-state index < -0.39 is 0 Å². The molecular weight excluding hydrogens is 322 g/mol. The number of aryl methyl sites for hydroxylation is 2. The highest BCUT2D eigenvalue weighted by Crippen LogP contribution is 2.39. The molecular formula is C17H23N5OS. The van der Waals surface area contributed by atoms with Gasteiger partial charge in [-0.05, 0) is 32.3 Å². The number of nitrogens with one attached hydrogen (secondary N) is 1. The Morgan fingerprint density at radius 2 is 2.25 bits per heavy atom. The molecule has 0 aromatic carbocycles. The summed E-state index contributed by atoms with van der Waals surface area (Å²) >= 11 is 1.56. The van der Waals surface area contributed by atoms with Crippen molar-refractivity contribution in [3.63, 3.8) is 0 Å². The first-order valence-electron chi connectivity index (χ1n) is 8.67. The molecule has 0 radical (unpaired) electrons. The van der Waals surface area contributed by atoms with Gasteiger partial charge in [-0.15, -0.1) is 11.3 Å². The van der Waals surface area contributed by atoms with Crippen LogP contribution in [0.2, 0.25) is 0 Å². The normalized spacial score (nSPS) is 17.8. The van der Waals surface area contributed by atoms with Gasteiger partial charge >= 0.3 is 0 Å². The lowest BCUT2D eigenvalue weighted by Gasteiger charge is -2.26. The highest BCUT2D eigenvalue weighted by atomic mass is 32.1. The number of fused-ring (bicyclic) bond motifs is 1. The number of nitrogens with zero attached hydrogens (tertiary/aromatic N) is 4. The fraction of sp³-hybridized carbons (Fsp3) is 0.588. The number of thiazole rings is 1. The second-order valence-corrected chi connectivity index (χ2v) is 7.90. The van der Waals surface area contributed by atoms with E-state index in [0.29, 0.717) is 17.6 Å². The van der Waals surface area contributed by atoms with Crippen molar-refractivity contribution >= 4 is 22.4 Å². The molecule has 4 rings (SSSR count). The van der Waals surface area contributed by atoms with Gasteiger partial charge in [0.05, 0.1) is 30.2 Å². The van der Waals surface area contributed by atoms with E-state index in [9.17, 15) is 4.79 Å². The van der Waals surface area contributed by atoms with Crippen LogP contribution >= 0.6 is 11.3 Å². The Bertz CT molecular complexity index is 761. The summed E-state index contributed by atoms with van der Waals surface area (Å²) in [6, 6.07) is 2.22. The van der Waals surface area contributed by atoms with Crippen LogP contribution in [0, 0.1) is 6.92 Å². The van der Waals surface area contributed by atoms with Gasteiger partial charge in [-0.1, -0.05) is 6.92 Å². The van der Waals surface area contributed by atoms with E-state index in [-0.39, 0.29) is 5.91 Å². The molecule has 1 N–H and O–H groups in total. The molecule has 3 heterocycles. The summed E-state index contributed by atoms with van der Waals surface area (Å²) in [4.78, 5) is 20.2. The number of amides is 1. The molecule has 7 heteroatoms. The molecule has 1 saturated carbocycles. The quantitative estimate of drug-likeness (QED) is 0.904. The molecule has 1 aliphatic heterocycles. The van der Waals surface area contributed by atoms with Gasteiger partial charge in [-0.25, -0.2) is 4.98 Å². The molecule has 1 amide bonds. The first-order valence-corrected chi connectivity index (χ1v) is 9.49. The number of rotatable bonds is 5. The second kappa shape index (κ2) is 6.29. The summed E-state index contributed by atoms with van der Waals surface area (Å²) in [7, 11) is 0. The number of carbonyl (C=O) groups excluding carboxylic acids is 1. The number of anilines is 1. The number of aromatic nitrogens is 3. The zero-order chi connectivity index (χ0) is 16.7. The third kappa shape index (κ3) is 3.23. The summed E-state index contributed by atoms with van der Waals surface area (Å²) in [5.41, 5.74) is 3.54. The van der Waals surface area contributed by atoms with Crippen molar-refractivity contribution in [2.45, 2.75) is 52.1 Å². The van der Waals surface area contributed by atoms with Crippen molar-refractivity contribution in [1.82, 2.24) is 19.7 Å². The first-order chi connectivity index (χ1) is 11.6. The zero-order valence-corrected chi connectivity index (χ0v) is 15.0. The second-order valence-electron chi connectivity index (χ2n) is 6.69. The van der Waals surface area contributed by atoms with Gasteiger partial charge in [0.25, 0.3) is 0 Å². The van der Waals surface area contributed by atoms with Crippen LogP contribution in [0.1, 0.15) is 47.6 Å². The van der Waals surface area contributed by atoms with E-state index in [1.165, 1.54) is 29.1 Å². The molecule has 0 bridgehead atoms. The minimum absolute atomic E-state index is 0.0155. The van der Waals surface area contributed by atoms with Crippen LogP contribution in [-0.4, -0.2) is 38.7 Å². The van der Waals surface area contributed by atoms with E-state index in [2.05, 4.69) is 39.8 Å². The Kier molecular flexibility index (Phi) is 4.14. The molecule has 2 aliphatic rings. The van der Waals surface area contributed by atoms with Gasteiger partial charge < -0.3 is 5.32 Å². The molecule has 128 valence electrons. The van der Waals surface area contributed by atoms with E-state index >= 15 is 0 Å². The van der Waals surface area contributed by atoms with E-state index in [1.807, 2.05) is 0 Å². The topological polar surface area (TPSA) is 63.1 Å². The maximum Gasteiger partial charge on any atom is 0.240 e. The van der Waals surface area contributed by atoms with Crippen LogP contribution in [0.3, 0.4) is 0 Å². The maximum absolute atomic E-state index is 12.3. The van der Waals surface area contributed by atoms with Crippen molar-refractivity contribution in [2.24, 2.45) is 0 Å². The Hall–Kier alpha value is -1.73. The molecule has 1 aliphatic carbocycles. The lowest BCUT2D eigenvalue weighted by atomic mass is 10.2. The fourth-order valence-electron chi connectivity index (χ4n) is 3.23. The minimum Gasteiger partial charge on any atom is -0.301 e. The van der Waals surface area contributed by atoms with Crippen molar-refractivity contribution in [3.05, 3.63) is 28.0 Å². The van der Waals surface area contributed by atoms with Crippen molar-refractivity contribution in [1.29, 1.82) is 0 Å². The number of hydrogen-bond acceptors (Lipinski definition) is 5. The summed E-state index contributed by atoms with van der Waals surface area (Å²) < 4.78 is 2.11. The Morgan fingerprint density at radius 1 is 1.42 bits per heavy atom. The molecule has 6 nitrogen and oxygen atoms in total. The minimum atomic E-state index is 0.0155. The van der Waals surface area contributed by atoms with Crippen LogP contribution in [0.4, 0.5) is 5.13 Å². The molecule has 2 aromatic rings. The molecule has 0 unspecified atom stereocenters. The molecule has 0 saturated heterocycles. The Labute approximate surface area is 145 Å². The van der Waals surface area contributed by atoms with Gasteiger partial charge in [0.1, 0.15) is 0 Å². The fourth-order valence-corrected chi connectivity index (χ4v) is 4.15. The molecule has 24 heavy (non-hydrogen) atoms. The van der Waals surface area contributed by atoms with Crippen LogP contribution in [-0.2, 0) is 24.3 Å². The predicted molar refractivity (Wildman–Crippen MR) is 94.3 cm³/mol. The maximum atomic E-state index is 12.3. The highest BCUT2D eigenvalue weighted by molar-refractivity contribution is 7.15. The van der Waals surface area contributed by atoms with Gasteiger partial charge in [0.2, 0.25) is 5.91 Å². The summed E-state index contributed by atoms with van der Waals surface area (Å²) in [6.07, 6.45) is 3.45. The first kappa shape index (κ1) is 15.8. The summed E-state index contributed by atoms with van der Waals surface area (Å²) in [6.45, 7) is 7.07. The van der Waals surface area contributed by atoms with Crippen LogP contribution in [0.5, 0.6) is 0 Å². The highest BCUT2D eigenvalue weighted by Gasteiger charge is 2.29. The Balaban J connectivity index is 1.35. The average molecular weight is 345 g/mol.